The molecule has 1 aromatic heterocycles. The van der Waals surface area contributed by atoms with Crippen LogP contribution in [0.4, 0.5) is 14.5 Å². The van der Waals surface area contributed by atoms with Crippen LogP contribution >= 0.6 is 11.3 Å². The smallest absolute Gasteiger partial charge is 0.387 e. The minimum Gasteiger partial charge on any atom is -0.435 e. The Balaban J connectivity index is 1.42. The lowest BCUT2D eigenvalue weighted by molar-refractivity contribution is -0.117. The van der Waals surface area contributed by atoms with Crippen molar-refractivity contribution in [2.24, 2.45) is 0 Å². The molecule has 0 aliphatic carbocycles. The first-order valence-electron chi connectivity index (χ1n) is 8.95. The molecule has 0 atom stereocenters. The number of halogens is 2. The van der Waals surface area contributed by atoms with Crippen LogP contribution in [-0.2, 0) is 14.8 Å². The Labute approximate surface area is 171 Å². The maximum atomic E-state index is 12.3. The number of carbonyl (C=O) groups excluding carboxylic acids is 1. The number of rotatable bonds is 8. The van der Waals surface area contributed by atoms with Crippen LogP contribution in [-0.4, -0.2) is 51.5 Å². The van der Waals surface area contributed by atoms with E-state index in [2.05, 4.69) is 14.8 Å². The highest BCUT2D eigenvalue weighted by molar-refractivity contribution is 7.91. The largest absolute Gasteiger partial charge is 0.435 e. The van der Waals surface area contributed by atoms with Gasteiger partial charge in [0.15, 0.2) is 0 Å². The van der Waals surface area contributed by atoms with Crippen molar-refractivity contribution in [2.75, 3.05) is 25.0 Å². The number of piperidine rings is 1. The second kappa shape index (κ2) is 9.61. The Morgan fingerprint density at radius 3 is 2.48 bits per heavy atom. The monoisotopic (exact) mass is 445 g/mol. The third kappa shape index (κ3) is 6.46. The van der Waals surface area contributed by atoms with Gasteiger partial charge in [0.2, 0.25) is 15.9 Å². The van der Waals surface area contributed by atoms with E-state index >= 15 is 0 Å². The van der Waals surface area contributed by atoms with Crippen molar-refractivity contribution in [3.8, 4) is 5.75 Å². The molecule has 11 heteroatoms. The van der Waals surface area contributed by atoms with Crippen molar-refractivity contribution in [1.29, 1.82) is 0 Å². The maximum absolute atomic E-state index is 12.3. The van der Waals surface area contributed by atoms with Crippen molar-refractivity contribution in [3.05, 3.63) is 41.8 Å². The van der Waals surface area contributed by atoms with Crippen LogP contribution < -0.4 is 14.8 Å². The molecule has 1 aliphatic heterocycles. The fourth-order valence-corrected chi connectivity index (χ4v) is 5.34. The van der Waals surface area contributed by atoms with Gasteiger partial charge in [-0.3, -0.25) is 9.69 Å². The maximum Gasteiger partial charge on any atom is 0.387 e. The lowest BCUT2D eigenvalue weighted by atomic mass is 10.1. The molecule has 3 rings (SSSR count). The fraction of sp³-hybridized carbons (Fsp3) is 0.389. The van der Waals surface area contributed by atoms with Crippen molar-refractivity contribution in [1.82, 2.24) is 9.62 Å². The van der Waals surface area contributed by atoms with Gasteiger partial charge in [0.1, 0.15) is 9.96 Å². The van der Waals surface area contributed by atoms with Gasteiger partial charge in [-0.2, -0.15) is 8.78 Å². The molecule has 0 radical (unpaired) electrons. The van der Waals surface area contributed by atoms with Gasteiger partial charge < -0.3 is 10.1 Å². The minimum absolute atomic E-state index is 0.0186. The van der Waals surface area contributed by atoms with Gasteiger partial charge in [-0.05, 0) is 48.6 Å². The number of anilines is 1. The first kappa shape index (κ1) is 21.6. The lowest BCUT2D eigenvalue weighted by Gasteiger charge is -2.31. The van der Waals surface area contributed by atoms with Gasteiger partial charge in [-0.1, -0.05) is 6.07 Å². The molecule has 1 fully saturated rings. The predicted molar refractivity (Wildman–Crippen MR) is 106 cm³/mol. The number of nitrogens with one attached hydrogen (secondary N) is 2. The number of carbonyl (C=O) groups is 1. The third-order valence-electron chi connectivity index (χ3n) is 4.40. The van der Waals surface area contributed by atoms with E-state index in [1.165, 1.54) is 35.6 Å². The van der Waals surface area contributed by atoms with E-state index in [0.29, 0.717) is 35.8 Å². The molecular formula is C18H21F2N3O4S2. The molecule has 29 heavy (non-hydrogen) atoms. The number of hydrogen-bond donors (Lipinski definition) is 2. The molecule has 1 aliphatic rings. The summed E-state index contributed by atoms with van der Waals surface area (Å²) in [6.45, 7) is -1.55. The summed E-state index contributed by atoms with van der Waals surface area (Å²) in [6.07, 6.45) is 1.22. The van der Waals surface area contributed by atoms with Crippen LogP contribution in [0.25, 0.3) is 0 Å². The Kier molecular flexibility index (Phi) is 7.17. The summed E-state index contributed by atoms with van der Waals surface area (Å²) < 4.78 is 56.1. The summed E-state index contributed by atoms with van der Waals surface area (Å²) in [5, 5.41) is 4.42. The quantitative estimate of drug-likeness (QED) is 0.653. The zero-order valence-electron chi connectivity index (χ0n) is 15.4. The van der Waals surface area contributed by atoms with Crippen molar-refractivity contribution in [2.45, 2.75) is 29.7 Å². The molecule has 158 valence electrons. The van der Waals surface area contributed by atoms with Gasteiger partial charge in [0.25, 0.3) is 0 Å². The van der Waals surface area contributed by atoms with Crippen LogP contribution in [0.5, 0.6) is 5.75 Å². The first-order valence-corrected chi connectivity index (χ1v) is 11.3. The summed E-state index contributed by atoms with van der Waals surface area (Å²) in [4.78, 5) is 14.1. The van der Waals surface area contributed by atoms with E-state index in [-0.39, 0.29) is 24.2 Å². The topological polar surface area (TPSA) is 87.7 Å². The molecule has 0 saturated carbocycles. The average molecular weight is 446 g/mol. The normalized spacial score (nSPS) is 16.1. The number of alkyl halides is 2. The van der Waals surface area contributed by atoms with E-state index in [1.54, 1.807) is 17.5 Å². The van der Waals surface area contributed by atoms with Gasteiger partial charge in [-0.25, -0.2) is 13.1 Å². The second-order valence-electron chi connectivity index (χ2n) is 6.55. The van der Waals surface area contributed by atoms with Crippen LogP contribution in [0.15, 0.2) is 46.0 Å². The van der Waals surface area contributed by atoms with E-state index in [1.807, 2.05) is 4.90 Å². The summed E-state index contributed by atoms with van der Waals surface area (Å²) in [5.41, 5.74) is 0.482. The number of hydrogen-bond acceptors (Lipinski definition) is 6. The summed E-state index contributed by atoms with van der Waals surface area (Å²) in [5.74, 6) is -0.213. The van der Waals surface area contributed by atoms with Crippen LogP contribution in [0.1, 0.15) is 12.8 Å². The van der Waals surface area contributed by atoms with Gasteiger partial charge in [-0.15, -0.1) is 11.3 Å². The Bertz CT molecular complexity index is 898. The molecule has 2 aromatic rings. The van der Waals surface area contributed by atoms with Crippen molar-refractivity contribution in [3.63, 3.8) is 0 Å². The minimum atomic E-state index is -3.50. The van der Waals surface area contributed by atoms with Gasteiger partial charge in [0, 0.05) is 24.8 Å². The molecule has 2 heterocycles. The predicted octanol–water partition coefficient (Wildman–Crippen LogP) is 2.73. The fourth-order valence-electron chi connectivity index (χ4n) is 3.03. The number of nitrogens with zero attached hydrogens (tertiary/aromatic N) is 1. The number of ether oxygens (including phenoxy) is 1. The molecule has 2 N–H and O–H groups in total. The second-order valence-corrected chi connectivity index (χ2v) is 9.44. The van der Waals surface area contributed by atoms with Crippen LogP contribution in [0.2, 0.25) is 0 Å². The Morgan fingerprint density at radius 2 is 1.90 bits per heavy atom. The van der Waals surface area contributed by atoms with Crippen LogP contribution in [0.3, 0.4) is 0 Å². The third-order valence-corrected chi connectivity index (χ3v) is 7.32. The van der Waals surface area contributed by atoms with E-state index in [4.69, 9.17) is 0 Å². The van der Waals surface area contributed by atoms with E-state index in [0.717, 1.165) is 0 Å². The van der Waals surface area contributed by atoms with Crippen molar-refractivity contribution >= 4 is 33.0 Å². The number of likely N-dealkylation sites (tertiary alicyclic amines) is 1. The average Bonchev–Trinajstić information content (AvgIpc) is 3.20. The zero-order valence-corrected chi connectivity index (χ0v) is 17.0. The first-order chi connectivity index (χ1) is 13.8. The molecule has 0 unspecified atom stereocenters. The van der Waals surface area contributed by atoms with E-state index in [9.17, 15) is 22.0 Å². The van der Waals surface area contributed by atoms with E-state index < -0.39 is 16.6 Å². The Morgan fingerprint density at radius 1 is 1.21 bits per heavy atom. The molecule has 1 aromatic carbocycles. The number of amides is 1. The summed E-state index contributed by atoms with van der Waals surface area (Å²) >= 11 is 1.17. The molecule has 1 amide bonds. The number of sulfonamides is 1. The van der Waals surface area contributed by atoms with Crippen molar-refractivity contribution < 1.29 is 26.7 Å². The highest BCUT2D eigenvalue weighted by Crippen LogP contribution is 2.20. The summed E-state index contributed by atoms with van der Waals surface area (Å²) in [6, 6.07) is 8.78. The standard InChI is InChI=1S/C18H21F2N3O4S2/c19-18(20)27-15-5-3-13(4-6-15)21-16(24)12-23-9-7-14(8-10-23)22-29(25,26)17-2-1-11-28-17/h1-6,11,14,18,22H,7-10,12H2,(H,21,24). The zero-order chi connectivity index (χ0) is 20.9. The number of benzene rings is 1. The molecular weight excluding hydrogens is 424 g/mol. The molecule has 7 nitrogen and oxygen atoms in total. The summed E-state index contributed by atoms with van der Waals surface area (Å²) in [7, 11) is -3.50. The van der Waals surface area contributed by atoms with Crippen LogP contribution in [0, 0.1) is 0 Å². The molecule has 0 bridgehead atoms. The van der Waals surface area contributed by atoms with Gasteiger partial charge in [0.05, 0.1) is 6.54 Å². The number of thiophene rings is 1. The molecule has 1 saturated heterocycles. The highest BCUT2D eigenvalue weighted by Gasteiger charge is 2.26. The van der Waals surface area contributed by atoms with Gasteiger partial charge >= 0.3 is 6.61 Å². The SMILES string of the molecule is O=C(CN1CCC(NS(=O)(=O)c2cccs2)CC1)Nc1ccc(OC(F)F)cc1. The molecule has 0 spiro atoms. The Hall–Kier alpha value is -2.08. The highest BCUT2D eigenvalue weighted by atomic mass is 32.2. The lowest BCUT2D eigenvalue weighted by Crippen LogP contribution is -2.46.